The Morgan fingerprint density at radius 2 is 2.12 bits per heavy atom. The van der Waals surface area contributed by atoms with Crippen molar-refractivity contribution in [2.75, 3.05) is 19.7 Å². The van der Waals surface area contributed by atoms with Crippen LogP contribution < -0.4 is 17.2 Å². The van der Waals surface area contributed by atoms with Crippen LogP contribution in [0, 0.1) is 0 Å². The lowest BCUT2D eigenvalue weighted by atomic mass is 9.97. The van der Waals surface area contributed by atoms with Crippen LogP contribution in [0.2, 0.25) is 0 Å². The fourth-order valence-corrected chi connectivity index (χ4v) is 3.41. The lowest BCUT2D eigenvalue weighted by Crippen LogP contribution is -2.41. The Balaban J connectivity index is 1.96. The van der Waals surface area contributed by atoms with E-state index >= 15 is 0 Å². The number of esters is 1. The number of allylic oxidation sites excluding steroid dienone is 1. The second kappa shape index (κ2) is 10.0. The first-order chi connectivity index (χ1) is 12.5. The topological polar surface area (TPSA) is 132 Å². The smallest absolute Gasteiger partial charge is 0.337 e. The van der Waals surface area contributed by atoms with Crippen molar-refractivity contribution < 1.29 is 9.53 Å². The summed E-state index contributed by atoms with van der Waals surface area (Å²) >= 11 is 0. The normalized spacial score (nSPS) is 19.2. The van der Waals surface area contributed by atoms with E-state index in [1.165, 1.54) is 0 Å². The van der Waals surface area contributed by atoms with Gasteiger partial charge in [0.1, 0.15) is 0 Å². The predicted octanol–water partition coefficient (Wildman–Crippen LogP) is 1.21. The second-order valence-corrected chi connectivity index (χ2v) is 6.76. The van der Waals surface area contributed by atoms with Gasteiger partial charge in [0.05, 0.1) is 18.2 Å². The lowest BCUT2D eigenvalue weighted by Gasteiger charge is -2.30. The van der Waals surface area contributed by atoms with Gasteiger partial charge in [0.25, 0.3) is 0 Å². The average molecular weight is 364 g/mol. The van der Waals surface area contributed by atoms with E-state index in [1.807, 2.05) is 4.90 Å². The number of ether oxygens (including phenoxy) is 1. The van der Waals surface area contributed by atoms with Gasteiger partial charge in [-0.1, -0.05) is 26.2 Å². The zero-order valence-corrected chi connectivity index (χ0v) is 15.7. The summed E-state index contributed by atoms with van der Waals surface area (Å²) in [6.45, 7) is 3.88. The minimum atomic E-state index is -0.258. The highest BCUT2D eigenvalue weighted by atomic mass is 16.5. The van der Waals surface area contributed by atoms with Gasteiger partial charge in [0, 0.05) is 18.8 Å². The first kappa shape index (κ1) is 20.1. The third-order valence-electron chi connectivity index (χ3n) is 4.71. The van der Waals surface area contributed by atoms with Gasteiger partial charge in [0.15, 0.2) is 11.9 Å². The molecule has 2 rings (SSSR count). The first-order valence-corrected chi connectivity index (χ1v) is 9.61. The summed E-state index contributed by atoms with van der Waals surface area (Å²) in [5.74, 6) is 0.363. The summed E-state index contributed by atoms with van der Waals surface area (Å²) in [4.78, 5) is 23.2. The van der Waals surface area contributed by atoms with Crippen LogP contribution in [0.3, 0.4) is 0 Å². The van der Waals surface area contributed by atoms with Crippen molar-refractivity contribution >= 4 is 17.9 Å². The molecule has 6 N–H and O–H groups in total. The van der Waals surface area contributed by atoms with Crippen molar-refractivity contribution in [2.45, 2.75) is 64.3 Å². The van der Waals surface area contributed by atoms with Crippen molar-refractivity contribution in [3.05, 3.63) is 11.3 Å². The molecule has 0 spiro atoms. The molecule has 8 heteroatoms. The van der Waals surface area contributed by atoms with Crippen molar-refractivity contribution in [1.82, 2.24) is 4.90 Å². The molecular formula is C18H32N6O2. The van der Waals surface area contributed by atoms with Crippen molar-refractivity contribution in [3.8, 4) is 0 Å². The summed E-state index contributed by atoms with van der Waals surface area (Å²) in [7, 11) is 0. The van der Waals surface area contributed by atoms with Crippen LogP contribution in [-0.4, -0.2) is 48.5 Å². The summed E-state index contributed by atoms with van der Waals surface area (Å²) in [6, 6.07) is -0.181. The van der Waals surface area contributed by atoms with Gasteiger partial charge in [-0.25, -0.2) is 9.79 Å². The molecular weight excluding hydrogens is 332 g/mol. The van der Waals surface area contributed by atoms with Crippen LogP contribution in [0.5, 0.6) is 0 Å². The molecule has 0 bridgehead atoms. The Bertz CT molecular complexity index is 580. The van der Waals surface area contributed by atoms with E-state index in [9.17, 15) is 4.79 Å². The average Bonchev–Trinajstić information content (AvgIpc) is 3.08. The highest BCUT2D eigenvalue weighted by Gasteiger charge is 2.35. The molecule has 0 saturated carbocycles. The number of nitrogens with two attached hydrogens (primary N) is 3. The zero-order valence-electron chi connectivity index (χ0n) is 15.7. The number of fused-ring (bicyclic) bond motifs is 1. The number of carbonyl (C=O) groups excluding carboxylic acids is 1. The Morgan fingerprint density at radius 1 is 1.31 bits per heavy atom. The number of nitrogens with zero attached hydrogens (tertiary/aromatic N) is 3. The van der Waals surface area contributed by atoms with Crippen LogP contribution >= 0.6 is 0 Å². The number of rotatable bonds is 10. The Hall–Kier alpha value is -2.25. The zero-order chi connectivity index (χ0) is 18.9. The van der Waals surface area contributed by atoms with E-state index in [1.54, 1.807) is 0 Å². The van der Waals surface area contributed by atoms with Crippen LogP contribution in [0.1, 0.15) is 58.3 Å². The van der Waals surface area contributed by atoms with E-state index in [2.05, 4.69) is 16.9 Å². The molecule has 2 aliphatic heterocycles. The minimum absolute atomic E-state index is 0.0860. The second-order valence-electron chi connectivity index (χ2n) is 6.76. The lowest BCUT2D eigenvalue weighted by molar-refractivity contribution is -0.139. The van der Waals surface area contributed by atoms with E-state index < -0.39 is 0 Å². The molecule has 1 fully saturated rings. The van der Waals surface area contributed by atoms with Gasteiger partial charge >= 0.3 is 5.97 Å². The molecule has 1 saturated heterocycles. The van der Waals surface area contributed by atoms with Gasteiger partial charge in [-0.15, -0.1) is 0 Å². The fourth-order valence-electron chi connectivity index (χ4n) is 3.41. The Labute approximate surface area is 155 Å². The van der Waals surface area contributed by atoms with Gasteiger partial charge in [-0.05, 0) is 32.1 Å². The molecule has 26 heavy (non-hydrogen) atoms. The third kappa shape index (κ3) is 5.37. The van der Waals surface area contributed by atoms with Gasteiger partial charge in [-0.2, -0.15) is 0 Å². The number of guanidine groups is 2. The van der Waals surface area contributed by atoms with E-state index in [-0.39, 0.29) is 18.0 Å². The highest BCUT2D eigenvalue weighted by molar-refractivity contribution is 5.95. The molecule has 0 aromatic carbocycles. The maximum atomic E-state index is 12.7. The van der Waals surface area contributed by atoms with Crippen LogP contribution in [0.25, 0.3) is 0 Å². The maximum absolute atomic E-state index is 12.7. The van der Waals surface area contributed by atoms with Crippen molar-refractivity contribution in [3.63, 3.8) is 0 Å². The van der Waals surface area contributed by atoms with E-state index in [0.717, 1.165) is 63.6 Å². The summed E-state index contributed by atoms with van der Waals surface area (Å²) in [6.07, 6.45) is 7.45. The molecule has 2 heterocycles. The molecule has 0 amide bonds. The molecule has 146 valence electrons. The van der Waals surface area contributed by atoms with Crippen molar-refractivity contribution in [1.29, 1.82) is 0 Å². The Kier molecular flexibility index (Phi) is 7.74. The van der Waals surface area contributed by atoms with E-state index in [0.29, 0.717) is 24.7 Å². The van der Waals surface area contributed by atoms with E-state index in [4.69, 9.17) is 21.9 Å². The molecule has 8 nitrogen and oxygen atoms in total. The van der Waals surface area contributed by atoms with Gasteiger partial charge in [-0.3, -0.25) is 4.99 Å². The highest BCUT2D eigenvalue weighted by Crippen LogP contribution is 2.33. The molecule has 1 atom stereocenters. The summed E-state index contributed by atoms with van der Waals surface area (Å²) in [5, 5.41) is 0. The van der Waals surface area contributed by atoms with Crippen molar-refractivity contribution in [2.24, 2.45) is 27.2 Å². The van der Waals surface area contributed by atoms with Crippen LogP contribution in [0.4, 0.5) is 0 Å². The van der Waals surface area contributed by atoms with Crippen LogP contribution in [-0.2, 0) is 9.53 Å². The molecule has 1 unspecified atom stereocenters. The first-order valence-electron chi connectivity index (χ1n) is 9.61. The molecule has 0 radical (unpaired) electrons. The Morgan fingerprint density at radius 3 is 2.85 bits per heavy atom. The van der Waals surface area contributed by atoms with Gasteiger partial charge in [0.2, 0.25) is 0 Å². The molecule has 0 aliphatic carbocycles. The number of hydrogen-bond acceptors (Lipinski definition) is 6. The third-order valence-corrected chi connectivity index (χ3v) is 4.71. The van der Waals surface area contributed by atoms with Crippen LogP contribution in [0.15, 0.2) is 21.3 Å². The largest absolute Gasteiger partial charge is 0.462 e. The van der Waals surface area contributed by atoms with Gasteiger partial charge < -0.3 is 26.8 Å². The fraction of sp³-hybridized carbons (Fsp3) is 0.722. The monoisotopic (exact) mass is 364 g/mol. The minimum Gasteiger partial charge on any atom is -0.462 e. The number of hydrogen-bond donors (Lipinski definition) is 3. The standard InChI is InChI=1S/C18H32N6O2/c1-2-3-4-8-13-15(14-9-7-11-24(14)18(21)23-13)16(25)26-12-6-5-10-22-17(19)20/h13H,2-12H2,1H3,(H2,21,23)(H4,19,20,22). The summed E-state index contributed by atoms with van der Waals surface area (Å²) in [5.41, 5.74) is 18.4. The SMILES string of the molecule is CCCCCC1N=C(N)N2CCCC2=C1C(=O)OCCCCN=C(N)N. The molecule has 2 aliphatic rings. The number of aliphatic imine (C=N–C) groups is 2. The quantitative estimate of drug-likeness (QED) is 0.231. The summed E-state index contributed by atoms with van der Waals surface area (Å²) < 4.78 is 5.52. The molecule has 0 aromatic heterocycles. The predicted molar refractivity (Wildman–Crippen MR) is 103 cm³/mol. The number of unbranched alkanes of at least 4 members (excludes halogenated alkanes) is 3. The number of carbonyl (C=O) groups is 1. The molecule has 0 aromatic rings. The maximum Gasteiger partial charge on any atom is 0.337 e.